The Morgan fingerprint density at radius 1 is 0.891 bits per heavy atom. The number of benzene rings is 2. The van der Waals surface area contributed by atoms with Gasteiger partial charge in [0, 0.05) is 17.3 Å². The van der Waals surface area contributed by atoms with Gasteiger partial charge in [-0.15, -0.1) is 5.10 Å². The number of rotatable bonds is 9. The number of ketones is 1. The molecule has 0 N–H and O–H groups in total. The number of esters is 1. The van der Waals surface area contributed by atoms with Crippen LogP contribution in [0.2, 0.25) is 0 Å². The molecule has 2 atom stereocenters. The van der Waals surface area contributed by atoms with Crippen molar-refractivity contribution < 1.29 is 37.0 Å². The Hall–Kier alpha value is -5.39. The van der Waals surface area contributed by atoms with Crippen LogP contribution in [-0.4, -0.2) is 40.0 Å². The fraction of sp³-hybridized carbons (Fsp3) is 0.235. The molecule has 0 saturated heterocycles. The first kappa shape index (κ1) is 32.0. The number of pyridine rings is 1. The number of ether oxygens (including phenoxy) is 2. The van der Waals surface area contributed by atoms with Crippen molar-refractivity contribution in [3.63, 3.8) is 0 Å². The molecule has 0 bridgehead atoms. The van der Waals surface area contributed by atoms with Gasteiger partial charge in [-0.25, -0.2) is 4.79 Å². The van der Waals surface area contributed by atoms with Crippen molar-refractivity contribution in [1.82, 2.24) is 15.2 Å². The van der Waals surface area contributed by atoms with E-state index < -0.39 is 47.4 Å². The van der Waals surface area contributed by atoms with Gasteiger partial charge in [0.05, 0.1) is 24.4 Å². The number of methoxy groups -OCH3 is 1. The Labute approximate surface area is 262 Å². The number of nitrogens with zero attached hydrogens (tertiary/aromatic N) is 4. The number of aromatic nitrogens is 3. The molecule has 9 nitrogen and oxygen atoms in total. The van der Waals surface area contributed by atoms with Crippen molar-refractivity contribution in [3.8, 4) is 0 Å². The molecule has 2 aromatic carbocycles. The van der Waals surface area contributed by atoms with Crippen LogP contribution in [0.4, 0.5) is 19.0 Å². The Morgan fingerprint density at radius 2 is 1.59 bits per heavy atom. The molecule has 236 valence electrons. The van der Waals surface area contributed by atoms with Crippen molar-refractivity contribution >= 4 is 23.5 Å². The van der Waals surface area contributed by atoms with E-state index in [1.165, 1.54) is 6.07 Å². The molecule has 2 aromatic heterocycles. The summed E-state index contributed by atoms with van der Waals surface area (Å²) in [5.41, 5.74) is 0.696. The van der Waals surface area contributed by atoms with E-state index in [1.807, 2.05) is 13.8 Å². The number of carbonyl (C=O) groups excluding carboxylic acids is 3. The minimum absolute atomic E-state index is 0.00566. The van der Waals surface area contributed by atoms with Gasteiger partial charge in [-0.05, 0) is 42.2 Å². The molecule has 12 heteroatoms. The summed E-state index contributed by atoms with van der Waals surface area (Å²) in [6, 6.07) is 18.6. The van der Waals surface area contributed by atoms with Gasteiger partial charge in [-0.3, -0.25) is 19.5 Å². The molecule has 0 saturated carbocycles. The topological polar surface area (TPSA) is 112 Å². The van der Waals surface area contributed by atoms with Crippen molar-refractivity contribution in [2.75, 3.05) is 12.0 Å². The lowest BCUT2D eigenvalue weighted by Crippen LogP contribution is -2.32. The van der Waals surface area contributed by atoms with E-state index in [2.05, 4.69) is 15.2 Å². The maximum Gasteiger partial charge on any atom is 0.433 e. The van der Waals surface area contributed by atoms with E-state index in [0.29, 0.717) is 11.3 Å². The summed E-state index contributed by atoms with van der Waals surface area (Å²) in [5.74, 6) is -2.69. The van der Waals surface area contributed by atoms with Gasteiger partial charge in [0.1, 0.15) is 5.69 Å². The molecular formula is C34H29F3N4O5. The van der Waals surface area contributed by atoms with Gasteiger partial charge in [0.2, 0.25) is 6.10 Å². The third-order valence-corrected chi connectivity index (χ3v) is 7.45. The standard InChI is InChI=1S/C34H29F3N4O5/c1-19(2)21-11-13-22(14-12-21)29(42)27-28(24-15-16-25(38-18-24)34(35,36)37)41(26-17-10-20(3)39-40-26)32(43)31(27)46-30(33(44)45-4)23-8-6-5-7-9-23/h5-19,28,30H,1-4H3/t28-,30?/m1/s1. The zero-order valence-electron chi connectivity index (χ0n) is 25.3. The highest BCUT2D eigenvalue weighted by molar-refractivity contribution is 6.21. The van der Waals surface area contributed by atoms with Crippen molar-refractivity contribution in [3.05, 3.63) is 130 Å². The van der Waals surface area contributed by atoms with E-state index in [-0.39, 0.29) is 28.4 Å². The molecule has 0 radical (unpaired) electrons. The molecule has 5 rings (SSSR count). The summed E-state index contributed by atoms with van der Waals surface area (Å²) in [6.07, 6.45) is -5.24. The van der Waals surface area contributed by atoms with Crippen LogP contribution in [-0.2, 0) is 25.2 Å². The largest absolute Gasteiger partial charge is 0.468 e. The lowest BCUT2D eigenvalue weighted by Gasteiger charge is -2.25. The van der Waals surface area contributed by atoms with Gasteiger partial charge in [-0.2, -0.15) is 18.3 Å². The summed E-state index contributed by atoms with van der Waals surface area (Å²) in [5, 5.41) is 8.17. The molecule has 0 fully saturated rings. The van der Waals surface area contributed by atoms with E-state index in [4.69, 9.17) is 9.47 Å². The fourth-order valence-electron chi connectivity index (χ4n) is 5.02. The number of amides is 1. The van der Waals surface area contributed by atoms with Crippen LogP contribution < -0.4 is 4.90 Å². The van der Waals surface area contributed by atoms with Crippen LogP contribution in [0, 0.1) is 6.92 Å². The van der Waals surface area contributed by atoms with Crippen molar-refractivity contribution in [2.24, 2.45) is 0 Å². The summed E-state index contributed by atoms with van der Waals surface area (Å²) < 4.78 is 51.5. The number of alkyl halides is 3. The smallest absolute Gasteiger partial charge is 0.433 e. The first-order valence-corrected chi connectivity index (χ1v) is 14.3. The Balaban J connectivity index is 1.74. The maximum absolute atomic E-state index is 14.4. The second-order valence-corrected chi connectivity index (χ2v) is 10.9. The van der Waals surface area contributed by atoms with Gasteiger partial charge < -0.3 is 9.47 Å². The number of anilines is 1. The molecule has 4 aromatic rings. The Morgan fingerprint density at radius 3 is 2.13 bits per heavy atom. The van der Waals surface area contributed by atoms with E-state index in [1.54, 1.807) is 67.6 Å². The lowest BCUT2D eigenvalue weighted by molar-refractivity contribution is -0.152. The summed E-state index contributed by atoms with van der Waals surface area (Å²) in [7, 11) is 1.15. The summed E-state index contributed by atoms with van der Waals surface area (Å²) in [6.45, 7) is 5.67. The molecule has 3 heterocycles. The predicted molar refractivity (Wildman–Crippen MR) is 160 cm³/mol. The summed E-state index contributed by atoms with van der Waals surface area (Å²) >= 11 is 0. The van der Waals surface area contributed by atoms with Gasteiger partial charge in [0.15, 0.2) is 17.4 Å². The fourth-order valence-corrected chi connectivity index (χ4v) is 5.02. The highest BCUT2D eigenvalue weighted by atomic mass is 19.4. The molecule has 1 amide bonds. The number of Topliss-reactive ketones (excluding diaryl/α,β-unsaturated/α-hetero) is 1. The highest BCUT2D eigenvalue weighted by Gasteiger charge is 2.48. The normalized spacial score (nSPS) is 15.7. The van der Waals surface area contributed by atoms with Gasteiger partial charge in [0.25, 0.3) is 5.91 Å². The van der Waals surface area contributed by atoms with Crippen molar-refractivity contribution in [1.29, 1.82) is 0 Å². The van der Waals surface area contributed by atoms with Gasteiger partial charge in [-0.1, -0.05) is 74.5 Å². The number of hydrogen-bond donors (Lipinski definition) is 0. The monoisotopic (exact) mass is 630 g/mol. The Bertz CT molecular complexity index is 1770. The average molecular weight is 631 g/mol. The molecule has 0 spiro atoms. The molecule has 46 heavy (non-hydrogen) atoms. The SMILES string of the molecule is COC(=O)C(OC1=C(C(=O)c2ccc(C(C)C)cc2)[C@@H](c2ccc(C(F)(F)F)nc2)N(c2ccc(C)nn2)C1=O)c1ccccc1. The number of aryl methyl sites for hydroxylation is 1. The third-order valence-electron chi connectivity index (χ3n) is 7.45. The van der Waals surface area contributed by atoms with Crippen LogP contribution in [0.3, 0.4) is 0 Å². The third kappa shape index (κ3) is 6.37. The van der Waals surface area contributed by atoms with E-state index in [9.17, 15) is 27.6 Å². The quantitative estimate of drug-likeness (QED) is 0.153. The van der Waals surface area contributed by atoms with Crippen LogP contribution in [0.5, 0.6) is 0 Å². The van der Waals surface area contributed by atoms with Crippen LogP contribution >= 0.6 is 0 Å². The molecule has 1 aliphatic rings. The zero-order chi connectivity index (χ0) is 33.2. The highest BCUT2D eigenvalue weighted by Crippen LogP contribution is 2.44. The Kier molecular flexibility index (Phi) is 8.99. The second-order valence-electron chi connectivity index (χ2n) is 10.9. The van der Waals surface area contributed by atoms with Crippen LogP contribution in [0.25, 0.3) is 0 Å². The lowest BCUT2D eigenvalue weighted by atomic mass is 9.92. The first-order chi connectivity index (χ1) is 21.9. The van der Waals surface area contributed by atoms with Gasteiger partial charge >= 0.3 is 12.1 Å². The van der Waals surface area contributed by atoms with Crippen LogP contribution in [0.15, 0.2) is 96.4 Å². The summed E-state index contributed by atoms with van der Waals surface area (Å²) in [4.78, 5) is 46.4. The van der Waals surface area contributed by atoms with Crippen LogP contribution in [0.1, 0.15) is 70.3 Å². The molecule has 0 aliphatic carbocycles. The van der Waals surface area contributed by atoms with Crippen molar-refractivity contribution in [2.45, 2.75) is 45.0 Å². The number of halogens is 3. The predicted octanol–water partition coefficient (Wildman–Crippen LogP) is 6.48. The maximum atomic E-state index is 14.4. The number of carbonyl (C=O) groups is 3. The molecular weight excluding hydrogens is 601 g/mol. The van der Waals surface area contributed by atoms with E-state index >= 15 is 0 Å². The zero-order valence-corrected chi connectivity index (χ0v) is 25.3. The molecule has 1 aliphatic heterocycles. The van der Waals surface area contributed by atoms with E-state index in [0.717, 1.165) is 35.9 Å². The molecule has 1 unspecified atom stereocenters. The average Bonchev–Trinajstić information content (AvgIpc) is 3.34. The number of hydrogen-bond acceptors (Lipinski definition) is 8. The minimum Gasteiger partial charge on any atom is -0.468 e. The minimum atomic E-state index is -4.73. The first-order valence-electron chi connectivity index (χ1n) is 14.3. The second kappa shape index (κ2) is 12.9.